The van der Waals surface area contributed by atoms with E-state index in [-0.39, 0.29) is 6.61 Å². The molecule has 0 bridgehead atoms. The SMILES string of the molecule is Cc1noc(COc2ccc(Cl)c3ccccc23)n1. The third kappa shape index (κ3) is 2.39. The van der Waals surface area contributed by atoms with Crippen LogP contribution in [0.1, 0.15) is 11.7 Å². The normalized spacial score (nSPS) is 10.8. The zero-order valence-electron chi connectivity index (χ0n) is 10.3. The average molecular weight is 275 g/mol. The predicted molar refractivity (Wildman–Crippen MR) is 72.3 cm³/mol. The highest BCUT2D eigenvalue weighted by Crippen LogP contribution is 2.31. The second kappa shape index (κ2) is 4.90. The van der Waals surface area contributed by atoms with Gasteiger partial charge in [-0.1, -0.05) is 41.0 Å². The van der Waals surface area contributed by atoms with Crippen molar-refractivity contribution in [3.05, 3.63) is 53.1 Å². The molecule has 4 nitrogen and oxygen atoms in total. The average Bonchev–Trinajstić information content (AvgIpc) is 2.84. The lowest BCUT2D eigenvalue weighted by Crippen LogP contribution is -1.96. The summed E-state index contributed by atoms with van der Waals surface area (Å²) in [5, 5.41) is 6.35. The minimum absolute atomic E-state index is 0.243. The number of hydrogen-bond donors (Lipinski definition) is 0. The van der Waals surface area contributed by atoms with E-state index >= 15 is 0 Å². The molecule has 0 radical (unpaired) electrons. The topological polar surface area (TPSA) is 48.2 Å². The number of benzene rings is 2. The Morgan fingerprint density at radius 2 is 1.95 bits per heavy atom. The highest BCUT2D eigenvalue weighted by Gasteiger charge is 2.08. The first-order chi connectivity index (χ1) is 9.24. The number of hydrogen-bond acceptors (Lipinski definition) is 4. The zero-order valence-corrected chi connectivity index (χ0v) is 11.0. The van der Waals surface area contributed by atoms with Gasteiger partial charge in [0, 0.05) is 15.8 Å². The summed E-state index contributed by atoms with van der Waals surface area (Å²) in [6.07, 6.45) is 0. The molecule has 3 rings (SSSR count). The quantitative estimate of drug-likeness (QED) is 0.729. The lowest BCUT2D eigenvalue weighted by Gasteiger charge is -2.08. The number of fused-ring (bicyclic) bond motifs is 1. The number of halogens is 1. The first-order valence-electron chi connectivity index (χ1n) is 5.83. The van der Waals surface area contributed by atoms with Crippen molar-refractivity contribution in [3.63, 3.8) is 0 Å². The number of rotatable bonds is 3. The van der Waals surface area contributed by atoms with Gasteiger partial charge in [-0.2, -0.15) is 4.98 Å². The van der Waals surface area contributed by atoms with Crippen LogP contribution in [-0.2, 0) is 6.61 Å². The summed E-state index contributed by atoms with van der Waals surface area (Å²) in [4.78, 5) is 4.09. The maximum atomic E-state index is 6.15. The van der Waals surface area contributed by atoms with Crippen molar-refractivity contribution in [3.8, 4) is 5.75 Å². The minimum Gasteiger partial charge on any atom is -0.483 e. The third-order valence-corrected chi connectivity index (χ3v) is 3.08. The fourth-order valence-corrected chi connectivity index (χ4v) is 2.13. The summed E-state index contributed by atoms with van der Waals surface area (Å²) >= 11 is 6.15. The zero-order chi connectivity index (χ0) is 13.2. The molecule has 0 unspecified atom stereocenters. The number of ether oxygens (including phenoxy) is 1. The fourth-order valence-electron chi connectivity index (χ4n) is 1.90. The second-order valence-corrected chi connectivity index (χ2v) is 4.52. The van der Waals surface area contributed by atoms with Crippen LogP contribution in [0, 0.1) is 6.92 Å². The molecule has 96 valence electrons. The van der Waals surface area contributed by atoms with Crippen molar-refractivity contribution in [2.24, 2.45) is 0 Å². The molecule has 0 N–H and O–H groups in total. The van der Waals surface area contributed by atoms with E-state index in [1.165, 1.54) is 0 Å². The van der Waals surface area contributed by atoms with Crippen molar-refractivity contribution in [2.75, 3.05) is 0 Å². The molecule has 19 heavy (non-hydrogen) atoms. The van der Waals surface area contributed by atoms with E-state index in [9.17, 15) is 0 Å². The Morgan fingerprint density at radius 3 is 2.68 bits per heavy atom. The summed E-state index contributed by atoms with van der Waals surface area (Å²) in [5.74, 6) is 1.80. The Morgan fingerprint density at radius 1 is 1.16 bits per heavy atom. The molecule has 0 aliphatic heterocycles. The maximum absolute atomic E-state index is 6.15. The molecule has 0 atom stereocenters. The van der Waals surface area contributed by atoms with Gasteiger partial charge in [-0.25, -0.2) is 0 Å². The molecular weight excluding hydrogens is 264 g/mol. The summed E-state index contributed by atoms with van der Waals surface area (Å²) < 4.78 is 10.7. The smallest absolute Gasteiger partial charge is 0.264 e. The molecule has 5 heteroatoms. The predicted octanol–water partition coefficient (Wildman–Crippen LogP) is 3.76. The van der Waals surface area contributed by atoms with Crippen molar-refractivity contribution < 1.29 is 9.26 Å². The molecule has 0 saturated heterocycles. The van der Waals surface area contributed by atoms with Crippen molar-refractivity contribution in [1.29, 1.82) is 0 Å². The standard InChI is InChI=1S/C14H11ClN2O2/c1-9-16-14(19-17-9)8-18-13-7-6-12(15)10-4-2-3-5-11(10)13/h2-7H,8H2,1H3. The van der Waals surface area contributed by atoms with Gasteiger partial charge in [0.15, 0.2) is 12.4 Å². The molecule has 1 aromatic heterocycles. The van der Waals surface area contributed by atoms with Crippen LogP contribution in [-0.4, -0.2) is 10.1 Å². The van der Waals surface area contributed by atoms with Crippen molar-refractivity contribution in [2.45, 2.75) is 13.5 Å². The Balaban J connectivity index is 1.91. The van der Waals surface area contributed by atoms with E-state index in [1.807, 2.05) is 36.4 Å². The van der Waals surface area contributed by atoms with Gasteiger partial charge in [-0.05, 0) is 19.1 Å². The lowest BCUT2D eigenvalue weighted by molar-refractivity contribution is 0.245. The van der Waals surface area contributed by atoms with E-state index in [1.54, 1.807) is 6.92 Å². The molecule has 0 fully saturated rings. The third-order valence-electron chi connectivity index (χ3n) is 2.75. The van der Waals surface area contributed by atoms with E-state index in [0.29, 0.717) is 16.7 Å². The maximum Gasteiger partial charge on any atom is 0.264 e. The Hall–Kier alpha value is -2.07. The molecule has 0 spiro atoms. The lowest BCUT2D eigenvalue weighted by atomic mass is 10.1. The highest BCUT2D eigenvalue weighted by molar-refractivity contribution is 6.35. The largest absolute Gasteiger partial charge is 0.483 e. The van der Waals surface area contributed by atoms with Crippen LogP contribution in [0.25, 0.3) is 10.8 Å². The summed E-state index contributed by atoms with van der Waals surface area (Å²) in [6, 6.07) is 11.5. The Bertz CT molecular complexity index is 724. The summed E-state index contributed by atoms with van der Waals surface area (Å²) in [7, 11) is 0. The van der Waals surface area contributed by atoms with Gasteiger partial charge in [-0.3, -0.25) is 0 Å². The van der Waals surface area contributed by atoms with Crippen LogP contribution in [0.3, 0.4) is 0 Å². The fraction of sp³-hybridized carbons (Fsp3) is 0.143. The number of aromatic nitrogens is 2. The van der Waals surface area contributed by atoms with Crippen LogP contribution in [0.5, 0.6) is 5.75 Å². The van der Waals surface area contributed by atoms with Gasteiger partial charge >= 0.3 is 0 Å². The number of nitrogens with zero attached hydrogens (tertiary/aromatic N) is 2. The van der Waals surface area contributed by atoms with Gasteiger partial charge in [0.2, 0.25) is 0 Å². The van der Waals surface area contributed by atoms with Crippen LogP contribution >= 0.6 is 11.6 Å². The van der Waals surface area contributed by atoms with E-state index in [0.717, 1.165) is 16.5 Å². The van der Waals surface area contributed by atoms with Crippen molar-refractivity contribution in [1.82, 2.24) is 10.1 Å². The van der Waals surface area contributed by atoms with E-state index in [4.69, 9.17) is 20.9 Å². The van der Waals surface area contributed by atoms with Gasteiger partial charge < -0.3 is 9.26 Å². The van der Waals surface area contributed by atoms with Gasteiger partial charge in [0.05, 0.1) is 0 Å². The molecule has 0 aliphatic carbocycles. The molecule has 1 heterocycles. The molecular formula is C14H11ClN2O2. The molecule has 0 saturated carbocycles. The second-order valence-electron chi connectivity index (χ2n) is 4.12. The van der Waals surface area contributed by atoms with Crippen molar-refractivity contribution >= 4 is 22.4 Å². The summed E-state index contributed by atoms with van der Waals surface area (Å²) in [5.41, 5.74) is 0. The first-order valence-corrected chi connectivity index (χ1v) is 6.21. The van der Waals surface area contributed by atoms with Crippen LogP contribution in [0.2, 0.25) is 5.02 Å². The van der Waals surface area contributed by atoms with Crippen LogP contribution < -0.4 is 4.74 Å². The van der Waals surface area contributed by atoms with E-state index < -0.39 is 0 Å². The molecule has 0 amide bonds. The number of aryl methyl sites for hydroxylation is 1. The molecule has 0 aliphatic rings. The Labute approximate surface area is 115 Å². The monoisotopic (exact) mass is 274 g/mol. The van der Waals surface area contributed by atoms with E-state index in [2.05, 4.69) is 10.1 Å². The molecule has 2 aromatic carbocycles. The van der Waals surface area contributed by atoms with Crippen LogP contribution in [0.15, 0.2) is 40.9 Å². The molecule has 3 aromatic rings. The minimum atomic E-state index is 0.243. The summed E-state index contributed by atoms with van der Waals surface area (Å²) in [6.45, 7) is 2.01. The van der Waals surface area contributed by atoms with Gasteiger partial charge in [0.25, 0.3) is 5.89 Å². The van der Waals surface area contributed by atoms with Crippen LogP contribution in [0.4, 0.5) is 0 Å². The van der Waals surface area contributed by atoms with Gasteiger partial charge in [-0.15, -0.1) is 0 Å². The Kier molecular flexibility index (Phi) is 3.09. The van der Waals surface area contributed by atoms with Gasteiger partial charge in [0.1, 0.15) is 5.75 Å². The highest BCUT2D eigenvalue weighted by atomic mass is 35.5. The first kappa shape index (κ1) is 12.0.